The minimum atomic E-state index is -0.807. The molecule has 1 aliphatic rings. The number of carbonyl (C=O) groups excluding carboxylic acids is 2. The van der Waals surface area contributed by atoms with Gasteiger partial charge in [-0.15, -0.1) is 0 Å². The molecular weight excluding hydrogens is 290 g/mol. The Bertz CT molecular complexity index is 668. The van der Waals surface area contributed by atoms with Gasteiger partial charge in [0, 0.05) is 17.8 Å². The van der Waals surface area contributed by atoms with Gasteiger partial charge in [0.2, 0.25) is 0 Å². The summed E-state index contributed by atoms with van der Waals surface area (Å²) in [7, 11) is 0. The smallest absolute Gasteiger partial charge is 0.356 e. The molecule has 1 aromatic carbocycles. The number of hydrogen-bond acceptors (Lipinski definition) is 6. The van der Waals surface area contributed by atoms with Gasteiger partial charge in [0.1, 0.15) is 11.7 Å². The summed E-state index contributed by atoms with van der Waals surface area (Å²) in [5.74, 6) is -1.10. The maximum atomic E-state index is 12.2. The molecule has 1 aromatic rings. The Morgan fingerprint density at radius 3 is 2.82 bits per heavy atom. The van der Waals surface area contributed by atoms with E-state index in [4.69, 9.17) is 4.74 Å². The molecule has 0 aliphatic carbocycles. The molecule has 1 atom stereocenters. The number of amides is 1. The Labute approximate surface area is 126 Å². The first-order valence-corrected chi connectivity index (χ1v) is 6.63. The van der Waals surface area contributed by atoms with E-state index in [0.29, 0.717) is 11.3 Å². The van der Waals surface area contributed by atoms with Crippen molar-refractivity contribution in [3.63, 3.8) is 0 Å². The van der Waals surface area contributed by atoms with Gasteiger partial charge in [-0.1, -0.05) is 12.1 Å². The Morgan fingerprint density at radius 1 is 1.45 bits per heavy atom. The van der Waals surface area contributed by atoms with Crippen molar-refractivity contribution in [3.8, 4) is 0 Å². The lowest BCUT2D eigenvalue weighted by atomic mass is 10.0. The van der Waals surface area contributed by atoms with Crippen molar-refractivity contribution in [2.45, 2.75) is 19.9 Å². The highest BCUT2D eigenvalue weighted by Crippen LogP contribution is 2.23. The van der Waals surface area contributed by atoms with Crippen molar-refractivity contribution < 1.29 is 19.2 Å². The molecule has 116 valence electrons. The van der Waals surface area contributed by atoms with Gasteiger partial charge in [-0.05, 0) is 19.4 Å². The minimum Gasteiger partial charge on any atom is -0.461 e. The SMILES string of the molecule is CCOC(=O)C1=C(C)NC(c2cccc([N+](=O)[O-])c2)C(=O)N1. The number of allylic oxidation sites excluding steroid dienone is 1. The third-order valence-electron chi connectivity index (χ3n) is 3.14. The topological polar surface area (TPSA) is 111 Å². The van der Waals surface area contributed by atoms with Crippen molar-refractivity contribution >= 4 is 17.6 Å². The molecule has 0 spiro atoms. The van der Waals surface area contributed by atoms with E-state index >= 15 is 0 Å². The van der Waals surface area contributed by atoms with Crippen molar-refractivity contribution in [3.05, 3.63) is 51.3 Å². The molecule has 1 heterocycles. The largest absolute Gasteiger partial charge is 0.461 e. The number of benzene rings is 1. The van der Waals surface area contributed by atoms with Gasteiger partial charge < -0.3 is 15.4 Å². The van der Waals surface area contributed by atoms with Crippen LogP contribution in [0.15, 0.2) is 35.7 Å². The molecule has 0 aromatic heterocycles. The fraction of sp³-hybridized carbons (Fsp3) is 0.286. The quantitative estimate of drug-likeness (QED) is 0.490. The molecule has 1 amide bonds. The van der Waals surface area contributed by atoms with Crippen LogP contribution in [0.2, 0.25) is 0 Å². The van der Waals surface area contributed by atoms with Crippen molar-refractivity contribution in [2.75, 3.05) is 6.61 Å². The van der Waals surface area contributed by atoms with Crippen LogP contribution in [-0.2, 0) is 14.3 Å². The third kappa shape index (κ3) is 3.05. The van der Waals surface area contributed by atoms with E-state index < -0.39 is 22.8 Å². The zero-order valence-corrected chi connectivity index (χ0v) is 12.1. The Balaban J connectivity index is 2.29. The van der Waals surface area contributed by atoms with Crippen molar-refractivity contribution in [1.82, 2.24) is 10.6 Å². The number of nitrogens with zero attached hydrogens (tertiary/aromatic N) is 1. The van der Waals surface area contributed by atoms with Crippen LogP contribution in [0.3, 0.4) is 0 Å². The van der Waals surface area contributed by atoms with Crippen LogP contribution in [0.25, 0.3) is 0 Å². The molecule has 8 heteroatoms. The van der Waals surface area contributed by atoms with E-state index in [9.17, 15) is 19.7 Å². The second-order valence-corrected chi connectivity index (χ2v) is 4.64. The predicted octanol–water partition coefficient (Wildman–Crippen LogP) is 1.15. The molecule has 1 unspecified atom stereocenters. The molecule has 0 radical (unpaired) electrons. The zero-order chi connectivity index (χ0) is 16.3. The first-order chi connectivity index (χ1) is 10.4. The highest BCUT2D eigenvalue weighted by atomic mass is 16.6. The summed E-state index contributed by atoms with van der Waals surface area (Å²) in [6.07, 6.45) is 0. The lowest BCUT2D eigenvalue weighted by molar-refractivity contribution is -0.384. The van der Waals surface area contributed by atoms with Gasteiger partial charge in [0.25, 0.3) is 11.6 Å². The second kappa shape index (κ2) is 6.25. The monoisotopic (exact) mass is 305 g/mol. The molecule has 0 fully saturated rings. The van der Waals surface area contributed by atoms with Crippen LogP contribution in [0.4, 0.5) is 5.69 Å². The number of nitrogens with one attached hydrogen (secondary N) is 2. The number of carbonyl (C=O) groups is 2. The van der Waals surface area contributed by atoms with Gasteiger partial charge in [-0.3, -0.25) is 14.9 Å². The molecule has 0 saturated carbocycles. The normalized spacial score (nSPS) is 17.5. The minimum absolute atomic E-state index is 0.0496. The highest BCUT2D eigenvalue weighted by Gasteiger charge is 2.31. The molecule has 22 heavy (non-hydrogen) atoms. The standard InChI is InChI=1S/C14H15N3O5/c1-3-22-14(19)11-8(2)15-12(13(18)16-11)9-5-4-6-10(7-9)17(20)21/h4-7,12,15H,3H2,1-2H3,(H,16,18). The number of non-ortho nitro benzene ring substituents is 1. The van der Waals surface area contributed by atoms with E-state index in [1.165, 1.54) is 18.2 Å². The third-order valence-corrected chi connectivity index (χ3v) is 3.14. The average Bonchev–Trinajstić information content (AvgIpc) is 2.49. The van der Waals surface area contributed by atoms with Crippen LogP contribution in [0.1, 0.15) is 25.5 Å². The number of nitro benzene ring substituents is 1. The van der Waals surface area contributed by atoms with Crippen LogP contribution < -0.4 is 10.6 Å². The molecule has 1 aliphatic heterocycles. The van der Waals surface area contributed by atoms with E-state index in [1.54, 1.807) is 19.9 Å². The lowest BCUT2D eigenvalue weighted by Crippen LogP contribution is -2.45. The summed E-state index contributed by atoms with van der Waals surface area (Å²) in [6, 6.07) is 4.96. The first-order valence-electron chi connectivity index (χ1n) is 6.63. The van der Waals surface area contributed by atoms with Crippen molar-refractivity contribution in [1.29, 1.82) is 0 Å². The fourth-order valence-corrected chi connectivity index (χ4v) is 2.10. The zero-order valence-electron chi connectivity index (χ0n) is 12.1. The summed E-state index contributed by atoms with van der Waals surface area (Å²) in [6.45, 7) is 3.48. The van der Waals surface area contributed by atoms with Crippen LogP contribution in [0, 0.1) is 10.1 Å². The van der Waals surface area contributed by atoms with Gasteiger partial charge >= 0.3 is 5.97 Å². The van der Waals surface area contributed by atoms with Gasteiger partial charge in [0.05, 0.1) is 11.5 Å². The molecule has 2 rings (SSSR count). The fourth-order valence-electron chi connectivity index (χ4n) is 2.10. The molecule has 0 saturated heterocycles. The number of nitro groups is 1. The summed E-state index contributed by atoms with van der Waals surface area (Å²) >= 11 is 0. The van der Waals surface area contributed by atoms with Gasteiger partial charge in [0.15, 0.2) is 0 Å². The Hall–Kier alpha value is -2.90. The number of esters is 1. The molecular formula is C14H15N3O5. The Morgan fingerprint density at radius 2 is 2.18 bits per heavy atom. The first kappa shape index (κ1) is 15.5. The van der Waals surface area contributed by atoms with E-state index in [0.717, 1.165) is 0 Å². The predicted molar refractivity (Wildman–Crippen MR) is 76.4 cm³/mol. The number of ether oxygens (including phenoxy) is 1. The van der Waals surface area contributed by atoms with Crippen LogP contribution in [-0.4, -0.2) is 23.4 Å². The van der Waals surface area contributed by atoms with Crippen molar-refractivity contribution in [2.24, 2.45) is 0 Å². The average molecular weight is 305 g/mol. The highest BCUT2D eigenvalue weighted by molar-refractivity contribution is 5.98. The van der Waals surface area contributed by atoms with E-state index in [2.05, 4.69) is 10.6 Å². The summed E-state index contributed by atoms with van der Waals surface area (Å²) in [5.41, 5.74) is 0.821. The molecule has 8 nitrogen and oxygen atoms in total. The summed E-state index contributed by atoms with van der Waals surface area (Å²) < 4.78 is 4.85. The molecule has 0 bridgehead atoms. The summed E-state index contributed by atoms with van der Waals surface area (Å²) in [5, 5.41) is 16.2. The van der Waals surface area contributed by atoms with E-state index in [-0.39, 0.29) is 18.0 Å². The second-order valence-electron chi connectivity index (χ2n) is 4.64. The number of rotatable bonds is 4. The van der Waals surface area contributed by atoms with Gasteiger partial charge in [-0.25, -0.2) is 4.79 Å². The molecule has 2 N–H and O–H groups in total. The van der Waals surface area contributed by atoms with E-state index in [1.807, 2.05) is 0 Å². The van der Waals surface area contributed by atoms with Gasteiger partial charge in [-0.2, -0.15) is 0 Å². The van der Waals surface area contributed by atoms with Crippen LogP contribution in [0.5, 0.6) is 0 Å². The maximum absolute atomic E-state index is 12.2. The Kier molecular flexibility index (Phi) is 4.40. The summed E-state index contributed by atoms with van der Waals surface area (Å²) in [4.78, 5) is 34.2. The lowest BCUT2D eigenvalue weighted by Gasteiger charge is -2.27. The maximum Gasteiger partial charge on any atom is 0.356 e. The van der Waals surface area contributed by atoms with Crippen LogP contribution >= 0.6 is 0 Å². The number of hydrogen-bond donors (Lipinski definition) is 2.